The van der Waals surface area contributed by atoms with E-state index in [1.807, 2.05) is 48.5 Å². The van der Waals surface area contributed by atoms with Gasteiger partial charge in [-0.15, -0.1) is 0 Å². The average Bonchev–Trinajstić information content (AvgIpc) is 4.34. The monoisotopic (exact) mass is 968 g/mol. The molecular weight excluding hydrogens is 933 g/mol. The number of benzene rings is 11. The topological polar surface area (TPSA) is 74.2 Å². The fourth-order valence-electron chi connectivity index (χ4n) is 12.9. The zero-order chi connectivity index (χ0) is 49.9. The van der Waals surface area contributed by atoms with Crippen molar-refractivity contribution in [1.82, 2.24) is 18.3 Å². The minimum atomic E-state index is 0.316. The SMILES string of the molecule is [C-]#[N+]c1c(-n2c3ccccc3c3ccccc32)c(C#N)c(-n2c3ccccc3c3cc4c(cc32)oc2ccccc24)c(-n2c3ccccc3c3ccccc32)c1-n1c2ccccc2c2cc3c(cc21)oc1ccccc13. The van der Waals surface area contributed by atoms with Crippen molar-refractivity contribution in [3.8, 4) is 28.8 Å². The number of aromatic nitrogens is 4. The number of rotatable bonds is 4. The molecule has 11 aromatic carbocycles. The predicted molar refractivity (Wildman–Crippen MR) is 309 cm³/mol. The Hall–Kier alpha value is -10.8. The van der Waals surface area contributed by atoms with Crippen molar-refractivity contribution in [3.63, 3.8) is 0 Å². The highest BCUT2D eigenvalue weighted by Gasteiger charge is 2.35. The van der Waals surface area contributed by atoms with Crippen molar-refractivity contribution in [2.75, 3.05) is 0 Å². The molecule has 0 N–H and O–H groups in total. The summed E-state index contributed by atoms with van der Waals surface area (Å²) in [7, 11) is 0. The molecule has 0 radical (unpaired) electrons. The number of hydrogen-bond acceptors (Lipinski definition) is 3. The van der Waals surface area contributed by atoms with Crippen LogP contribution in [0, 0.1) is 17.9 Å². The molecule has 8 heteroatoms. The Balaban J connectivity index is 1.19. The Kier molecular flexibility index (Phi) is 7.99. The van der Waals surface area contributed by atoms with Crippen LogP contribution in [0.15, 0.2) is 227 Å². The summed E-state index contributed by atoms with van der Waals surface area (Å²) in [4.78, 5) is 4.75. The van der Waals surface area contributed by atoms with Crippen molar-refractivity contribution in [2.24, 2.45) is 0 Å². The van der Waals surface area contributed by atoms with Crippen LogP contribution in [-0.2, 0) is 0 Å². The van der Waals surface area contributed by atoms with E-state index in [4.69, 9.17) is 13.7 Å². The molecule has 0 atom stereocenters. The molecule has 17 rings (SSSR count). The highest BCUT2D eigenvalue weighted by molar-refractivity contribution is 6.21. The first-order valence-electron chi connectivity index (χ1n) is 25.3. The molecule has 0 fully saturated rings. The summed E-state index contributed by atoms with van der Waals surface area (Å²) < 4.78 is 22.5. The summed E-state index contributed by atoms with van der Waals surface area (Å²) in [6, 6.07) is 78.5. The van der Waals surface area contributed by atoms with Crippen LogP contribution in [0.4, 0.5) is 5.69 Å². The Bertz CT molecular complexity index is 5190. The molecule has 0 aliphatic rings. The van der Waals surface area contributed by atoms with E-state index >= 15 is 0 Å². The third kappa shape index (κ3) is 5.18. The molecule has 0 bridgehead atoms. The number of para-hydroxylation sites is 8. The van der Waals surface area contributed by atoms with Crippen molar-refractivity contribution in [1.29, 1.82) is 5.26 Å². The van der Waals surface area contributed by atoms with Gasteiger partial charge in [-0.1, -0.05) is 146 Å². The van der Waals surface area contributed by atoms with Crippen LogP contribution in [0.2, 0.25) is 0 Å². The van der Waals surface area contributed by atoms with Gasteiger partial charge in [-0.3, -0.25) is 0 Å². The zero-order valence-corrected chi connectivity index (χ0v) is 40.3. The van der Waals surface area contributed by atoms with Crippen LogP contribution < -0.4 is 0 Å². The van der Waals surface area contributed by atoms with Gasteiger partial charge in [-0.05, 0) is 60.7 Å². The number of fused-ring (bicyclic) bond motifs is 18. The van der Waals surface area contributed by atoms with Crippen LogP contribution in [0.5, 0.6) is 0 Å². The molecule has 0 aliphatic heterocycles. The standard InChI is InChI=1S/C68H36N6O2/c1-70-64-65(71-52-26-10-2-18-39(52)40-19-3-11-27-53(40)71)51(38-69)66(73-56-30-14-6-22-43(56)47-34-49-45-24-8-16-32-60(45)75-62(49)36-58(47)73)68(72-54-28-12-4-20-41(54)42-21-5-13-29-55(42)72)67(64)74-57-31-15-7-23-44(57)48-35-50-46-25-9-17-33-61(46)76-63(50)37-59(48)74/h2-37H. The van der Waals surface area contributed by atoms with E-state index in [2.05, 4.69) is 194 Å². The lowest BCUT2D eigenvalue weighted by molar-refractivity contribution is 0.669. The van der Waals surface area contributed by atoms with Gasteiger partial charge in [0.2, 0.25) is 5.69 Å². The maximum Gasteiger partial charge on any atom is 0.237 e. The number of nitrogens with zero attached hydrogens (tertiary/aromatic N) is 6. The van der Waals surface area contributed by atoms with Crippen LogP contribution in [0.3, 0.4) is 0 Å². The highest BCUT2D eigenvalue weighted by atomic mass is 16.3. The Morgan fingerprint density at radius 1 is 0.303 bits per heavy atom. The number of nitriles is 1. The van der Waals surface area contributed by atoms with E-state index in [1.54, 1.807) is 0 Å². The molecule has 0 unspecified atom stereocenters. The molecule has 0 saturated carbocycles. The maximum absolute atomic E-state index is 12.5. The lowest BCUT2D eigenvalue weighted by Crippen LogP contribution is -2.14. The summed E-state index contributed by atoms with van der Waals surface area (Å²) in [5.74, 6) is 0. The fourth-order valence-corrected chi connectivity index (χ4v) is 12.9. The largest absolute Gasteiger partial charge is 0.456 e. The minimum Gasteiger partial charge on any atom is -0.456 e. The summed E-state index contributed by atoms with van der Waals surface area (Å²) in [5, 5.41) is 24.8. The van der Waals surface area contributed by atoms with Gasteiger partial charge in [0, 0.05) is 76.8 Å². The van der Waals surface area contributed by atoms with E-state index in [9.17, 15) is 11.8 Å². The molecule has 0 amide bonds. The van der Waals surface area contributed by atoms with Crippen LogP contribution in [0.25, 0.3) is 159 Å². The van der Waals surface area contributed by atoms with Gasteiger partial charge < -0.3 is 27.1 Å². The van der Waals surface area contributed by atoms with Gasteiger partial charge in [-0.2, -0.15) is 5.26 Å². The van der Waals surface area contributed by atoms with Crippen molar-refractivity contribution in [2.45, 2.75) is 0 Å². The minimum absolute atomic E-state index is 0.316. The molecule has 6 heterocycles. The first-order chi connectivity index (χ1) is 37.7. The van der Waals surface area contributed by atoms with Gasteiger partial charge in [0.25, 0.3) is 0 Å². The highest BCUT2D eigenvalue weighted by Crippen LogP contribution is 2.52. The maximum atomic E-state index is 12.5. The van der Waals surface area contributed by atoms with Gasteiger partial charge in [0.05, 0.1) is 79.0 Å². The Labute approximate surface area is 431 Å². The number of hydrogen-bond donors (Lipinski definition) is 0. The summed E-state index contributed by atoms with van der Waals surface area (Å²) in [6.45, 7) is 9.78. The summed E-state index contributed by atoms with van der Waals surface area (Å²) in [6.07, 6.45) is 0. The third-order valence-corrected chi connectivity index (χ3v) is 16.0. The second kappa shape index (κ2) is 14.9. The smallest absolute Gasteiger partial charge is 0.237 e. The van der Waals surface area contributed by atoms with Gasteiger partial charge in [-0.25, -0.2) is 4.85 Å². The van der Waals surface area contributed by atoms with Gasteiger partial charge >= 0.3 is 0 Å². The Morgan fingerprint density at radius 3 is 1.00 bits per heavy atom. The van der Waals surface area contributed by atoms with Crippen LogP contribution in [0.1, 0.15) is 5.56 Å². The Morgan fingerprint density at radius 2 is 0.618 bits per heavy atom. The van der Waals surface area contributed by atoms with E-state index < -0.39 is 0 Å². The molecular formula is C68H36N6O2. The molecule has 17 aromatic rings. The van der Waals surface area contributed by atoms with E-state index in [0.29, 0.717) is 34.0 Å². The summed E-state index contributed by atoms with van der Waals surface area (Å²) in [5.41, 5.74) is 13.2. The molecule has 0 spiro atoms. The normalized spacial score (nSPS) is 12.2. The lowest BCUT2D eigenvalue weighted by Gasteiger charge is -2.27. The average molecular weight is 969 g/mol. The van der Waals surface area contributed by atoms with E-state index in [-0.39, 0.29) is 0 Å². The van der Waals surface area contributed by atoms with Gasteiger partial charge in [0.15, 0.2) is 0 Å². The first kappa shape index (κ1) is 40.8. The van der Waals surface area contributed by atoms with E-state index in [0.717, 1.165) is 131 Å². The lowest BCUT2D eigenvalue weighted by atomic mass is 10.0. The van der Waals surface area contributed by atoms with Crippen molar-refractivity contribution < 1.29 is 8.83 Å². The molecule has 6 aromatic heterocycles. The summed E-state index contributed by atoms with van der Waals surface area (Å²) >= 11 is 0. The molecule has 8 nitrogen and oxygen atoms in total. The quantitative estimate of drug-likeness (QED) is 0.165. The van der Waals surface area contributed by atoms with Gasteiger partial charge in [0.1, 0.15) is 28.4 Å². The fraction of sp³-hybridized carbons (Fsp3) is 0. The third-order valence-electron chi connectivity index (χ3n) is 16.0. The van der Waals surface area contributed by atoms with Crippen LogP contribution in [-0.4, -0.2) is 18.3 Å². The first-order valence-corrected chi connectivity index (χ1v) is 25.3. The predicted octanol–water partition coefficient (Wildman–Crippen LogP) is 18.3. The molecule has 350 valence electrons. The van der Waals surface area contributed by atoms with Crippen molar-refractivity contribution in [3.05, 3.63) is 235 Å². The van der Waals surface area contributed by atoms with E-state index in [1.165, 1.54) is 0 Å². The molecule has 0 saturated heterocycles. The molecule has 76 heavy (non-hydrogen) atoms. The van der Waals surface area contributed by atoms with Crippen LogP contribution >= 0.6 is 0 Å². The zero-order valence-electron chi connectivity index (χ0n) is 40.3. The number of furan rings is 2. The molecule has 0 aliphatic carbocycles. The van der Waals surface area contributed by atoms with Crippen molar-refractivity contribution >= 4 is 137 Å². The second-order valence-electron chi connectivity index (χ2n) is 19.7. The second-order valence-corrected chi connectivity index (χ2v) is 19.7.